The van der Waals surface area contributed by atoms with E-state index in [0.717, 1.165) is 87.6 Å². The third kappa shape index (κ3) is 7.59. The van der Waals surface area contributed by atoms with Gasteiger partial charge in [-0.05, 0) is 0 Å². The molecule has 18 rings (SSSR count). The van der Waals surface area contributed by atoms with Crippen molar-refractivity contribution >= 4 is 88.3 Å². The van der Waals surface area contributed by atoms with Crippen LogP contribution in [0.5, 0.6) is 0 Å². The molecule has 0 saturated heterocycles. The maximum Gasteiger partial charge on any atom is 0.164 e. The van der Waals surface area contributed by atoms with E-state index in [1.54, 1.807) is 0 Å². The van der Waals surface area contributed by atoms with Gasteiger partial charge in [0.05, 0.1) is 0 Å². The van der Waals surface area contributed by atoms with E-state index < -0.39 is 0 Å². The fraction of sp³-hybridized carbons (Fsp3) is 0. The summed E-state index contributed by atoms with van der Waals surface area (Å²) in [7, 11) is 0. The van der Waals surface area contributed by atoms with Gasteiger partial charge in [0.2, 0.25) is 0 Å². The van der Waals surface area contributed by atoms with Crippen LogP contribution in [0, 0.1) is 41.7 Å². The molecule has 4 N–H and O–H groups in total. The zero-order valence-corrected chi connectivity index (χ0v) is 45.5. The second-order valence-corrected chi connectivity index (χ2v) is 19.6. The van der Waals surface area contributed by atoms with Crippen molar-refractivity contribution in [3.05, 3.63) is 194 Å². The number of H-pyrrole nitrogens is 4. The van der Waals surface area contributed by atoms with Gasteiger partial charge >= 0.3 is 0 Å². The van der Waals surface area contributed by atoms with Crippen LogP contribution in [0.3, 0.4) is 0 Å². The monoisotopic (exact) mass is 1170 g/mol. The van der Waals surface area contributed by atoms with Crippen molar-refractivity contribution in [2.24, 2.45) is 0 Å². The van der Waals surface area contributed by atoms with Gasteiger partial charge < -0.3 is 19.9 Å². The van der Waals surface area contributed by atoms with Gasteiger partial charge in [-0.15, -0.1) is 0 Å². The number of aromatic nitrogens is 16. The van der Waals surface area contributed by atoms with E-state index in [1.807, 2.05) is 194 Å². The first kappa shape index (κ1) is 46.9. The van der Waals surface area contributed by atoms with E-state index in [1.165, 1.54) is 0 Å². The Labute approximate surface area is 491 Å². The topological polar surface area (TPSA) is 218 Å². The maximum absolute atomic E-state index is 5.02. The van der Waals surface area contributed by atoms with Crippen LogP contribution in [0.15, 0.2) is 194 Å². The van der Waals surface area contributed by atoms with E-state index in [0.29, 0.717) is 91.8 Å². The number of nitrogens with zero attached hydrogens (tertiary/aromatic N) is 12. The Balaban J connectivity index is 0.000000132. The quantitative estimate of drug-likeness (QED) is 0.111. The van der Waals surface area contributed by atoms with E-state index in [2.05, 4.69) is 19.9 Å². The molecule has 17 heteroatoms. The number of fused-ring (bicyclic) bond motifs is 40. The average Bonchev–Trinajstić information content (AvgIpc) is 4.53. The molecule has 376 valence electrons. The first-order valence-electron chi connectivity index (χ1n) is 26.0. The first-order chi connectivity index (χ1) is 39.6. The summed E-state index contributed by atoms with van der Waals surface area (Å²) in [5.41, 5.74) is 12.9. The van der Waals surface area contributed by atoms with Gasteiger partial charge in [0.25, 0.3) is 0 Å². The molecule has 6 aromatic heterocycles. The van der Waals surface area contributed by atoms with Crippen LogP contribution in [0.4, 0.5) is 0 Å². The molecule has 16 nitrogen and oxygen atoms in total. The first-order valence-corrected chi connectivity index (χ1v) is 26.0. The maximum atomic E-state index is 5.02. The fourth-order valence-electron chi connectivity index (χ4n) is 11.2. The second-order valence-electron chi connectivity index (χ2n) is 19.6. The van der Waals surface area contributed by atoms with Crippen molar-refractivity contribution in [3.8, 4) is 91.1 Å². The van der Waals surface area contributed by atoms with Crippen molar-refractivity contribution in [1.82, 2.24) is 79.7 Å². The number of hydrogen-bond acceptors (Lipinski definition) is 12. The summed E-state index contributed by atoms with van der Waals surface area (Å²) in [5, 5.41) is 7.64. The van der Waals surface area contributed by atoms with Gasteiger partial charge in [-0.3, -0.25) is 0 Å². The third-order valence-corrected chi connectivity index (χ3v) is 14.9. The minimum atomic E-state index is 0. The molecule has 16 bridgehead atoms. The minimum absolute atomic E-state index is 0. The minimum Gasteiger partial charge on any atom is -0.324 e. The van der Waals surface area contributed by atoms with Crippen molar-refractivity contribution in [2.45, 2.75) is 0 Å². The predicted octanol–water partition coefficient (Wildman–Crippen LogP) is 13.7. The molecule has 0 unspecified atom stereocenters. The Morgan fingerprint density at radius 1 is 0.160 bits per heavy atom. The van der Waals surface area contributed by atoms with Gasteiger partial charge in [-0.1, -0.05) is 194 Å². The molecule has 4 aliphatic heterocycles. The van der Waals surface area contributed by atoms with Crippen LogP contribution in [0.25, 0.3) is 179 Å². The van der Waals surface area contributed by atoms with Gasteiger partial charge in [-0.25, -0.2) is 59.8 Å². The van der Waals surface area contributed by atoms with Gasteiger partial charge in [0.1, 0.15) is 45.2 Å². The largest absolute Gasteiger partial charge is 0.324 e. The molecule has 4 aliphatic rings. The normalized spacial score (nSPS) is 11.9. The van der Waals surface area contributed by atoms with Crippen LogP contribution in [-0.4, -0.2) is 79.7 Å². The predicted molar refractivity (Wildman–Crippen MR) is 312 cm³/mol. The zero-order chi connectivity index (χ0) is 52.4. The summed E-state index contributed by atoms with van der Waals surface area (Å²) in [6.45, 7) is 0. The number of hydrogen-bond donors (Lipinski definition) is 4. The molecule has 0 amide bonds. The zero-order valence-electron chi connectivity index (χ0n) is 42.3. The number of benzene rings is 8. The number of rotatable bonds is 0. The van der Waals surface area contributed by atoms with Crippen LogP contribution >= 0.6 is 0 Å². The van der Waals surface area contributed by atoms with Crippen molar-refractivity contribution in [3.63, 3.8) is 0 Å². The van der Waals surface area contributed by atoms with Gasteiger partial charge in [0, 0.05) is 129 Å². The van der Waals surface area contributed by atoms with Crippen molar-refractivity contribution in [1.29, 1.82) is 0 Å². The summed E-state index contributed by atoms with van der Waals surface area (Å²) in [5.74, 6) is 4.78. The molecular formula is C64H36CeN16. The molecule has 0 aliphatic carbocycles. The van der Waals surface area contributed by atoms with Crippen molar-refractivity contribution < 1.29 is 41.7 Å². The van der Waals surface area contributed by atoms with Crippen LogP contribution in [0.2, 0.25) is 0 Å². The Hall–Kier alpha value is -10.1. The summed E-state index contributed by atoms with van der Waals surface area (Å²) in [6.07, 6.45) is 0. The Kier molecular flexibility index (Phi) is 10.7. The molecular weight excluding hydrogens is 1130 g/mol. The SMILES string of the molecule is [Ce].c1ccc2c(c1)-c1nc-2nc2[nH]c(nc3nc(nc4[nH]c(n1)c1ccccc41)-c1ccccc1-3)c1ccccc21.c1ccc2c(c1)-c1nc-2nc2[nH]c(nc3nc(nc4[nH]c(n1)c1ccccc41)-c1ccccc1-3)c1ccccc21. The van der Waals surface area contributed by atoms with Gasteiger partial charge in [0.15, 0.2) is 46.6 Å². The fourth-order valence-corrected chi connectivity index (χ4v) is 11.2. The number of nitrogens with one attached hydrogen (secondary N) is 4. The molecule has 0 fully saturated rings. The molecule has 0 saturated carbocycles. The summed E-state index contributed by atoms with van der Waals surface area (Å²) < 4.78 is 0. The van der Waals surface area contributed by atoms with Crippen LogP contribution < -0.4 is 0 Å². The van der Waals surface area contributed by atoms with E-state index in [9.17, 15) is 0 Å². The van der Waals surface area contributed by atoms with Crippen LogP contribution in [-0.2, 0) is 0 Å². The third-order valence-electron chi connectivity index (χ3n) is 14.9. The molecule has 0 spiro atoms. The molecule has 8 aromatic carbocycles. The van der Waals surface area contributed by atoms with Crippen LogP contribution in [0.1, 0.15) is 0 Å². The molecule has 0 radical (unpaired) electrons. The summed E-state index contributed by atoms with van der Waals surface area (Å²) >= 11 is 0. The van der Waals surface area contributed by atoms with E-state index >= 15 is 0 Å². The molecule has 10 heterocycles. The van der Waals surface area contributed by atoms with E-state index in [4.69, 9.17) is 59.8 Å². The smallest absolute Gasteiger partial charge is 0.164 e. The molecule has 81 heavy (non-hydrogen) atoms. The Bertz CT molecular complexity index is 4390. The standard InChI is InChI=1S/2C32H18N8.Ce/c2*1-2-10-18-17(9-1)25-33-26(18)38-28-21-13-5-6-14-22(21)30(35-28)40-32-24-16-8-7-15-23(24)31(36-32)39-29-20-12-4-3-11-19(20)27(34-29)37-25;/h2*1-16H,(H2,33,34,35,36,37,38,39,40);. The van der Waals surface area contributed by atoms with Crippen molar-refractivity contribution in [2.75, 3.05) is 0 Å². The molecule has 0 atom stereocenters. The molecule has 14 aromatic rings. The summed E-state index contributed by atoms with van der Waals surface area (Å²) in [6, 6.07) is 64.5. The summed E-state index contributed by atoms with van der Waals surface area (Å²) in [4.78, 5) is 73.5. The van der Waals surface area contributed by atoms with E-state index in [-0.39, 0.29) is 41.7 Å². The average molecular weight is 1170 g/mol. The van der Waals surface area contributed by atoms with Gasteiger partial charge in [-0.2, -0.15) is 0 Å². The Morgan fingerprint density at radius 3 is 0.420 bits per heavy atom. The number of aromatic amines is 4. The Morgan fingerprint density at radius 2 is 0.284 bits per heavy atom. The second kappa shape index (κ2) is 18.5.